The molecule has 6 heteroatoms. The van der Waals surface area contributed by atoms with Gasteiger partial charge in [-0.3, -0.25) is 4.99 Å². The van der Waals surface area contributed by atoms with Crippen molar-refractivity contribution in [3.63, 3.8) is 0 Å². The number of aromatic nitrogens is 2. The van der Waals surface area contributed by atoms with Gasteiger partial charge in [0.05, 0.1) is 19.5 Å². The number of aliphatic imine (C=N–C) groups is 1. The first-order valence-corrected chi connectivity index (χ1v) is 7.97. The largest absolute Gasteiger partial charge is 0.396 e. The van der Waals surface area contributed by atoms with Gasteiger partial charge in [0.25, 0.3) is 0 Å². The molecule has 2 aromatic rings. The normalized spacial score (nSPS) is 12.9. The highest BCUT2D eigenvalue weighted by atomic mass is 16.3. The third-order valence-electron chi connectivity index (χ3n) is 3.53. The molecule has 3 N–H and O–H groups in total. The van der Waals surface area contributed by atoms with Crippen molar-refractivity contribution in [3.05, 3.63) is 54.6 Å². The van der Waals surface area contributed by atoms with Crippen molar-refractivity contribution in [3.8, 4) is 0 Å². The molecule has 0 aliphatic heterocycles. The molecule has 6 nitrogen and oxygen atoms in total. The maximum absolute atomic E-state index is 9.60. The number of nitrogens with zero attached hydrogens (tertiary/aromatic N) is 3. The van der Waals surface area contributed by atoms with Crippen LogP contribution in [0.5, 0.6) is 0 Å². The Morgan fingerprint density at radius 2 is 2.13 bits per heavy atom. The summed E-state index contributed by atoms with van der Waals surface area (Å²) in [6.07, 6.45) is 5.50. The molecular formula is C17H25N5O. The molecule has 2 rings (SSSR count). The van der Waals surface area contributed by atoms with Crippen molar-refractivity contribution in [1.82, 2.24) is 20.2 Å². The van der Waals surface area contributed by atoms with Crippen molar-refractivity contribution >= 4 is 5.96 Å². The number of benzene rings is 1. The van der Waals surface area contributed by atoms with Crippen molar-refractivity contribution in [2.45, 2.75) is 19.4 Å². The average molecular weight is 315 g/mol. The molecule has 1 atom stereocenters. The number of guanidine groups is 1. The van der Waals surface area contributed by atoms with Crippen molar-refractivity contribution < 1.29 is 5.11 Å². The molecular weight excluding hydrogens is 290 g/mol. The molecule has 0 saturated carbocycles. The predicted molar refractivity (Wildman–Crippen MR) is 92.5 cm³/mol. The van der Waals surface area contributed by atoms with E-state index in [0.29, 0.717) is 6.54 Å². The zero-order valence-electron chi connectivity index (χ0n) is 13.5. The number of imidazole rings is 1. The van der Waals surface area contributed by atoms with Crippen LogP contribution in [0.3, 0.4) is 0 Å². The lowest BCUT2D eigenvalue weighted by Crippen LogP contribution is -2.39. The van der Waals surface area contributed by atoms with E-state index in [4.69, 9.17) is 0 Å². The second-order valence-corrected chi connectivity index (χ2v) is 5.24. The van der Waals surface area contributed by atoms with Crippen LogP contribution in [0.4, 0.5) is 0 Å². The van der Waals surface area contributed by atoms with Crippen LogP contribution < -0.4 is 10.6 Å². The van der Waals surface area contributed by atoms with E-state index in [-0.39, 0.29) is 12.5 Å². The molecule has 1 aromatic heterocycles. The Morgan fingerprint density at radius 3 is 2.78 bits per heavy atom. The first kappa shape index (κ1) is 17.0. The summed E-state index contributed by atoms with van der Waals surface area (Å²) in [6, 6.07) is 9.99. The minimum absolute atomic E-state index is 0.0142. The van der Waals surface area contributed by atoms with Crippen LogP contribution in [0.15, 0.2) is 54.0 Å². The molecule has 0 radical (unpaired) electrons. The monoisotopic (exact) mass is 315 g/mol. The molecule has 124 valence electrons. The maximum Gasteiger partial charge on any atom is 0.191 e. The van der Waals surface area contributed by atoms with Crippen molar-refractivity contribution in [2.24, 2.45) is 4.99 Å². The van der Waals surface area contributed by atoms with Gasteiger partial charge in [-0.05, 0) is 12.5 Å². The third kappa shape index (κ3) is 5.75. The van der Waals surface area contributed by atoms with E-state index >= 15 is 0 Å². The molecule has 0 aliphatic carbocycles. The summed E-state index contributed by atoms with van der Waals surface area (Å²) >= 11 is 0. The average Bonchev–Trinajstić information content (AvgIpc) is 3.10. The Hall–Kier alpha value is -2.34. The SMILES string of the molecule is CCNC(=NCC(CO)c1ccccc1)NCCn1ccnc1. The van der Waals surface area contributed by atoms with Crippen LogP contribution in [-0.2, 0) is 6.54 Å². The highest BCUT2D eigenvalue weighted by Crippen LogP contribution is 2.14. The van der Waals surface area contributed by atoms with Gasteiger partial charge in [-0.2, -0.15) is 0 Å². The summed E-state index contributed by atoms with van der Waals surface area (Å²) < 4.78 is 2.01. The van der Waals surface area contributed by atoms with Gasteiger partial charge in [-0.15, -0.1) is 0 Å². The Morgan fingerprint density at radius 1 is 1.30 bits per heavy atom. The Bertz CT molecular complexity index is 568. The lowest BCUT2D eigenvalue weighted by atomic mass is 10.0. The van der Waals surface area contributed by atoms with E-state index in [9.17, 15) is 5.11 Å². The lowest BCUT2D eigenvalue weighted by Gasteiger charge is -2.15. The number of hydrogen-bond donors (Lipinski definition) is 3. The van der Waals surface area contributed by atoms with Crippen LogP contribution in [-0.4, -0.2) is 46.9 Å². The van der Waals surface area contributed by atoms with Gasteiger partial charge >= 0.3 is 0 Å². The quantitative estimate of drug-likeness (QED) is 0.506. The fourth-order valence-corrected chi connectivity index (χ4v) is 2.26. The van der Waals surface area contributed by atoms with Gasteiger partial charge in [-0.1, -0.05) is 30.3 Å². The summed E-state index contributed by atoms with van der Waals surface area (Å²) in [5.74, 6) is 0.780. The van der Waals surface area contributed by atoms with Crippen LogP contribution in [0.2, 0.25) is 0 Å². The highest BCUT2D eigenvalue weighted by molar-refractivity contribution is 5.79. The zero-order chi connectivity index (χ0) is 16.3. The van der Waals surface area contributed by atoms with Gasteiger partial charge < -0.3 is 20.3 Å². The highest BCUT2D eigenvalue weighted by Gasteiger charge is 2.09. The van der Waals surface area contributed by atoms with Crippen LogP contribution >= 0.6 is 0 Å². The van der Waals surface area contributed by atoms with Crippen molar-refractivity contribution in [1.29, 1.82) is 0 Å². The minimum Gasteiger partial charge on any atom is -0.396 e. The van der Waals surface area contributed by atoms with E-state index in [1.165, 1.54) is 0 Å². The Kier molecular flexibility index (Phi) is 7.13. The molecule has 0 aliphatic rings. The van der Waals surface area contributed by atoms with Gasteiger partial charge in [0, 0.05) is 37.9 Å². The summed E-state index contributed by atoms with van der Waals surface area (Å²) in [4.78, 5) is 8.61. The van der Waals surface area contributed by atoms with E-state index in [1.54, 1.807) is 12.5 Å². The Balaban J connectivity index is 1.88. The lowest BCUT2D eigenvalue weighted by molar-refractivity contribution is 0.268. The van der Waals surface area contributed by atoms with Gasteiger partial charge in [0.15, 0.2) is 5.96 Å². The van der Waals surface area contributed by atoms with E-state index < -0.39 is 0 Å². The molecule has 0 amide bonds. The molecule has 0 spiro atoms. The summed E-state index contributed by atoms with van der Waals surface area (Å²) in [7, 11) is 0. The fourth-order valence-electron chi connectivity index (χ4n) is 2.26. The second-order valence-electron chi connectivity index (χ2n) is 5.24. The molecule has 0 fully saturated rings. The molecule has 1 aromatic carbocycles. The number of aliphatic hydroxyl groups excluding tert-OH is 1. The molecule has 0 saturated heterocycles. The Labute approximate surface area is 137 Å². The fraction of sp³-hybridized carbons (Fsp3) is 0.412. The van der Waals surface area contributed by atoms with Gasteiger partial charge in [-0.25, -0.2) is 4.98 Å². The van der Waals surface area contributed by atoms with E-state index in [1.807, 2.05) is 48.0 Å². The van der Waals surface area contributed by atoms with E-state index in [0.717, 1.165) is 31.2 Å². The van der Waals surface area contributed by atoms with Gasteiger partial charge in [0.1, 0.15) is 0 Å². The summed E-state index contributed by atoms with van der Waals surface area (Å²) in [6.45, 7) is 5.05. The van der Waals surface area contributed by atoms with Crippen molar-refractivity contribution in [2.75, 3.05) is 26.2 Å². The van der Waals surface area contributed by atoms with E-state index in [2.05, 4.69) is 20.6 Å². The zero-order valence-corrected chi connectivity index (χ0v) is 13.5. The number of hydrogen-bond acceptors (Lipinski definition) is 3. The predicted octanol–water partition coefficient (Wildman–Crippen LogP) is 1.21. The number of aliphatic hydroxyl groups is 1. The first-order valence-electron chi connectivity index (χ1n) is 7.97. The minimum atomic E-state index is 0.0142. The topological polar surface area (TPSA) is 74.5 Å². The number of rotatable bonds is 8. The van der Waals surface area contributed by atoms with Crippen LogP contribution in [0.1, 0.15) is 18.4 Å². The third-order valence-corrected chi connectivity index (χ3v) is 3.53. The standard InChI is InChI=1S/C17H25N5O/c1-2-19-17(20-9-11-22-10-8-18-14-22)21-12-16(13-23)15-6-4-3-5-7-15/h3-8,10,14,16,23H,2,9,11-13H2,1H3,(H2,19,20,21). The maximum atomic E-state index is 9.60. The molecule has 1 heterocycles. The van der Waals surface area contributed by atoms with Crippen LogP contribution in [0, 0.1) is 0 Å². The molecule has 0 bridgehead atoms. The number of nitrogens with one attached hydrogen (secondary N) is 2. The summed E-state index contributed by atoms with van der Waals surface area (Å²) in [5, 5.41) is 16.1. The smallest absolute Gasteiger partial charge is 0.191 e. The van der Waals surface area contributed by atoms with Crippen LogP contribution in [0.25, 0.3) is 0 Å². The molecule has 1 unspecified atom stereocenters. The molecule has 23 heavy (non-hydrogen) atoms. The first-order chi connectivity index (χ1) is 11.3. The van der Waals surface area contributed by atoms with Gasteiger partial charge in [0.2, 0.25) is 0 Å². The summed E-state index contributed by atoms with van der Waals surface area (Å²) in [5.41, 5.74) is 1.10. The second kappa shape index (κ2) is 9.63.